The SMILES string of the molecule is CCC1(C(=O)O)CCCN(C(=O)c2ccc(SC)cc2)C1. The van der Waals surface area contributed by atoms with Gasteiger partial charge >= 0.3 is 5.97 Å². The van der Waals surface area contributed by atoms with Crippen LogP contribution in [0.5, 0.6) is 0 Å². The maximum atomic E-state index is 12.6. The molecule has 0 radical (unpaired) electrons. The van der Waals surface area contributed by atoms with Gasteiger partial charge in [0.2, 0.25) is 0 Å². The van der Waals surface area contributed by atoms with E-state index in [0.29, 0.717) is 31.5 Å². The molecule has 0 aromatic heterocycles. The number of hydrogen-bond acceptors (Lipinski definition) is 3. The van der Waals surface area contributed by atoms with Gasteiger partial charge in [0, 0.05) is 23.5 Å². The topological polar surface area (TPSA) is 57.6 Å². The van der Waals surface area contributed by atoms with Crippen LogP contribution in [-0.4, -0.2) is 41.2 Å². The van der Waals surface area contributed by atoms with Crippen molar-refractivity contribution < 1.29 is 14.7 Å². The number of amides is 1. The van der Waals surface area contributed by atoms with E-state index in [4.69, 9.17) is 0 Å². The number of carbonyl (C=O) groups is 2. The number of hydrogen-bond donors (Lipinski definition) is 1. The van der Waals surface area contributed by atoms with Gasteiger partial charge in [0.1, 0.15) is 0 Å². The molecule has 1 atom stereocenters. The van der Waals surface area contributed by atoms with Gasteiger partial charge < -0.3 is 10.0 Å². The second-order valence-electron chi connectivity index (χ2n) is 5.50. The van der Waals surface area contributed by atoms with E-state index in [2.05, 4.69) is 0 Å². The Morgan fingerprint density at radius 2 is 2.00 bits per heavy atom. The zero-order valence-corrected chi connectivity index (χ0v) is 13.3. The lowest BCUT2D eigenvalue weighted by atomic mass is 9.77. The molecule has 0 bridgehead atoms. The molecule has 4 nitrogen and oxygen atoms in total. The Labute approximate surface area is 129 Å². The average Bonchev–Trinajstić information content (AvgIpc) is 2.54. The molecule has 1 heterocycles. The van der Waals surface area contributed by atoms with Gasteiger partial charge in [-0.3, -0.25) is 9.59 Å². The highest BCUT2D eigenvalue weighted by Crippen LogP contribution is 2.34. The Kier molecular flexibility index (Phi) is 4.93. The summed E-state index contributed by atoms with van der Waals surface area (Å²) in [7, 11) is 0. The number of rotatable bonds is 4. The van der Waals surface area contributed by atoms with E-state index >= 15 is 0 Å². The number of aliphatic carboxylic acids is 1. The Balaban J connectivity index is 2.16. The number of carboxylic acid groups (broad SMARTS) is 1. The fourth-order valence-corrected chi connectivity index (χ4v) is 3.24. The van der Waals surface area contributed by atoms with E-state index in [1.165, 1.54) is 0 Å². The van der Waals surface area contributed by atoms with Crippen molar-refractivity contribution in [2.24, 2.45) is 5.41 Å². The van der Waals surface area contributed by atoms with Crippen molar-refractivity contribution in [2.45, 2.75) is 31.1 Å². The highest BCUT2D eigenvalue weighted by Gasteiger charge is 2.42. The summed E-state index contributed by atoms with van der Waals surface area (Å²) in [5.41, 5.74) is -0.155. The van der Waals surface area contributed by atoms with Crippen molar-refractivity contribution in [3.8, 4) is 0 Å². The van der Waals surface area contributed by atoms with Gasteiger partial charge in [-0.05, 0) is 49.8 Å². The summed E-state index contributed by atoms with van der Waals surface area (Å²) >= 11 is 1.63. The van der Waals surface area contributed by atoms with E-state index in [1.54, 1.807) is 16.7 Å². The number of carboxylic acids is 1. The van der Waals surface area contributed by atoms with E-state index in [1.807, 2.05) is 37.4 Å². The molecule has 1 N–H and O–H groups in total. The number of carbonyl (C=O) groups excluding carboxylic acids is 1. The number of piperidine rings is 1. The highest BCUT2D eigenvalue weighted by molar-refractivity contribution is 7.98. The summed E-state index contributed by atoms with van der Waals surface area (Å²) in [5.74, 6) is -0.860. The molecule has 1 aliphatic rings. The summed E-state index contributed by atoms with van der Waals surface area (Å²) in [6.45, 7) is 2.83. The van der Waals surface area contributed by atoms with Crippen LogP contribution in [0.1, 0.15) is 36.5 Å². The molecule has 1 aliphatic heterocycles. The van der Waals surface area contributed by atoms with Crippen LogP contribution >= 0.6 is 11.8 Å². The molecule has 1 fully saturated rings. The van der Waals surface area contributed by atoms with E-state index in [9.17, 15) is 14.7 Å². The first-order valence-corrected chi connectivity index (χ1v) is 8.41. The molecule has 5 heteroatoms. The Morgan fingerprint density at radius 1 is 1.33 bits per heavy atom. The summed E-state index contributed by atoms with van der Waals surface area (Å²) in [6.07, 6.45) is 3.93. The van der Waals surface area contributed by atoms with Crippen molar-refractivity contribution in [1.82, 2.24) is 4.90 Å². The maximum absolute atomic E-state index is 12.6. The number of likely N-dealkylation sites (tertiary alicyclic amines) is 1. The van der Waals surface area contributed by atoms with Crippen molar-refractivity contribution in [3.63, 3.8) is 0 Å². The lowest BCUT2D eigenvalue weighted by molar-refractivity contribution is -0.152. The van der Waals surface area contributed by atoms with Gasteiger partial charge in [0.25, 0.3) is 5.91 Å². The number of nitrogens with zero attached hydrogens (tertiary/aromatic N) is 1. The molecule has 0 spiro atoms. The third-order valence-electron chi connectivity index (χ3n) is 4.33. The summed E-state index contributed by atoms with van der Waals surface area (Å²) in [4.78, 5) is 26.9. The molecule has 1 amide bonds. The van der Waals surface area contributed by atoms with Gasteiger partial charge in [0.05, 0.1) is 5.41 Å². The fraction of sp³-hybridized carbons (Fsp3) is 0.500. The van der Waals surface area contributed by atoms with Gasteiger partial charge in [-0.25, -0.2) is 0 Å². The van der Waals surface area contributed by atoms with Crippen LogP contribution in [0.15, 0.2) is 29.2 Å². The molecule has 0 aliphatic carbocycles. The molecule has 114 valence electrons. The zero-order chi connectivity index (χ0) is 15.5. The Morgan fingerprint density at radius 3 is 2.52 bits per heavy atom. The van der Waals surface area contributed by atoms with Crippen LogP contribution in [0.3, 0.4) is 0 Å². The zero-order valence-electron chi connectivity index (χ0n) is 12.5. The maximum Gasteiger partial charge on any atom is 0.311 e. The molecule has 21 heavy (non-hydrogen) atoms. The Hall–Kier alpha value is -1.49. The first-order chi connectivity index (χ1) is 10.0. The monoisotopic (exact) mass is 307 g/mol. The van der Waals surface area contributed by atoms with Crippen molar-refractivity contribution >= 4 is 23.6 Å². The van der Waals surface area contributed by atoms with Crippen LogP contribution in [0.25, 0.3) is 0 Å². The first kappa shape index (κ1) is 15.9. The predicted molar refractivity (Wildman–Crippen MR) is 83.7 cm³/mol. The molecule has 2 rings (SSSR count). The fourth-order valence-electron chi connectivity index (χ4n) is 2.84. The van der Waals surface area contributed by atoms with Gasteiger partial charge in [0.15, 0.2) is 0 Å². The molecular weight excluding hydrogens is 286 g/mol. The largest absolute Gasteiger partial charge is 0.481 e. The standard InChI is InChI=1S/C16H21NO3S/c1-3-16(15(19)20)9-4-10-17(11-16)14(18)12-5-7-13(21-2)8-6-12/h5-8H,3-4,9-11H2,1-2H3,(H,19,20). The van der Waals surface area contributed by atoms with Crippen LogP contribution in [0.4, 0.5) is 0 Å². The van der Waals surface area contributed by atoms with Crippen LogP contribution in [0, 0.1) is 5.41 Å². The van der Waals surface area contributed by atoms with E-state index in [-0.39, 0.29) is 5.91 Å². The van der Waals surface area contributed by atoms with Gasteiger partial charge in [-0.15, -0.1) is 11.8 Å². The van der Waals surface area contributed by atoms with Gasteiger partial charge in [-0.2, -0.15) is 0 Å². The number of thioether (sulfide) groups is 1. The van der Waals surface area contributed by atoms with Crippen molar-refractivity contribution in [2.75, 3.05) is 19.3 Å². The lowest BCUT2D eigenvalue weighted by Crippen LogP contribution is -2.49. The minimum Gasteiger partial charge on any atom is -0.481 e. The van der Waals surface area contributed by atoms with Crippen LogP contribution in [-0.2, 0) is 4.79 Å². The molecule has 0 saturated carbocycles. The van der Waals surface area contributed by atoms with E-state index < -0.39 is 11.4 Å². The van der Waals surface area contributed by atoms with Crippen molar-refractivity contribution in [1.29, 1.82) is 0 Å². The number of benzene rings is 1. The second-order valence-corrected chi connectivity index (χ2v) is 6.38. The smallest absolute Gasteiger partial charge is 0.311 e. The third kappa shape index (κ3) is 3.23. The lowest BCUT2D eigenvalue weighted by Gasteiger charge is -2.39. The molecule has 1 saturated heterocycles. The summed E-state index contributed by atoms with van der Waals surface area (Å²) < 4.78 is 0. The van der Waals surface area contributed by atoms with E-state index in [0.717, 1.165) is 11.3 Å². The minimum atomic E-state index is -0.791. The third-order valence-corrected chi connectivity index (χ3v) is 5.08. The summed E-state index contributed by atoms with van der Waals surface area (Å²) in [6, 6.07) is 7.48. The molecule has 1 aromatic rings. The van der Waals surface area contributed by atoms with Crippen molar-refractivity contribution in [3.05, 3.63) is 29.8 Å². The average molecular weight is 307 g/mol. The summed E-state index contributed by atoms with van der Waals surface area (Å²) in [5, 5.41) is 9.49. The van der Waals surface area contributed by atoms with Gasteiger partial charge in [-0.1, -0.05) is 6.92 Å². The second kappa shape index (κ2) is 6.52. The van der Waals surface area contributed by atoms with Crippen LogP contribution < -0.4 is 0 Å². The predicted octanol–water partition coefficient (Wildman–Crippen LogP) is 3.13. The highest BCUT2D eigenvalue weighted by atomic mass is 32.2. The first-order valence-electron chi connectivity index (χ1n) is 7.19. The quantitative estimate of drug-likeness (QED) is 0.868. The normalized spacial score (nSPS) is 22.1. The molecule has 1 aromatic carbocycles. The molecular formula is C16H21NO3S. The minimum absolute atomic E-state index is 0.0681. The Bertz CT molecular complexity index is 529. The molecule has 1 unspecified atom stereocenters. The van der Waals surface area contributed by atoms with Crippen LogP contribution in [0.2, 0.25) is 0 Å².